The molecule has 0 saturated heterocycles. The van der Waals surface area contributed by atoms with Crippen molar-refractivity contribution in [3.8, 4) is 22.5 Å². The van der Waals surface area contributed by atoms with Crippen molar-refractivity contribution < 1.29 is 0 Å². The van der Waals surface area contributed by atoms with Gasteiger partial charge in [0, 0.05) is 17.7 Å². The molecule has 138 valence electrons. The largest absolute Gasteiger partial charge is 0.330 e. The molecule has 0 aliphatic carbocycles. The van der Waals surface area contributed by atoms with Crippen molar-refractivity contribution >= 4 is 0 Å². The highest BCUT2D eigenvalue weighted by atomic mass is 15.1. The van der Waals surface area contributed by atoms with Crippen LogP contribution in [-0.2, 0) is 6.54 Å². The van der Waals surface area contributed by atoms with E-state index in [1.165, 1.54) is 24.1 Å². The first-order valence-corrected chi connectivity index (χ1v) is 9.67. The number of benzene rings is 2. The van der Waals surface area contributed by atoms with E-state index in [9.17, 15) is 0 Å². The Labute approximate surface area is 157 Å². The second-order valence-corrected chi connectivity index (χ2v) is 6.36. The van der Waals surface area contributed by atoms with E-state index in [4.69, 9.17) is 5.73 Å². The van der Waals surface area contributed by atoms with Crippen molar-refractivity contribution in [3.05, 3.63) is 67.0 Å². The number of unbranched alkanes of at least 4 members (excludes halogenated alkanes) is 2. The second-order valence-electron chi connectivity index (χ2n) is 6.36. The molecule has 1 aromatic heterocycles. The monoisotopic (exact) mass is 349 g/mol. The minimum Gasteiger partial charge on any atom is -0.330 e. The van der Waals surface area contributed by atoms with Gasteiger partial charge in [-0.05, 0) is 19.4 Å². The Kier molecular flexibility index (Phi) is 8.64. The molecule has 3 aromatic rings. The maximum absolute atomic E-state index is 5.61. The fraction of sp³-hybridized carbons (Fsp3) is 0.348. The van der Waals surface area contributed by atoms with Gasteiger partial charge in [-0.1, -0.05) is 87.4 Å². The van der Waals surface area contributed by atoms with Gasteiger partial charge in [-0.25, -0.2) is 4.98 Å². The van der Waals surface area contributed by atoms with Crippen LogP contribution in [-0.4, -0.2) is 16.1 Å². The minimum atomic E-state index is 0.737. The molecule has 0 atom stereocenters. The van der Waals surface area contributed by atoms with E-state index in [1.54, 1.807) is 0 Å². The van der Waals surface area contributed by atoms with Crippen LogP contribution in [0, 0.1) is 0 Å². The molecule has 3 heteroatoms. The van der Waals surface area contributed by atoms with Crippen LogP contribution in [0.1, 0.15) is 39.5 Å². The second kappa shape index (κ2) is 11.3. The van der Waals surface area contributed by atoms with Gasteiger partial charge in [0.2, 0.25) is 0 Å². The Bertz CT molecular complexity index is 731. The third-order valence-electron chi connectivity index (χ3n) is 4.29. The van der Waals surface area contributed by atoms with Crippen LogP contribution in [0.5, 0.6) is 0 Å². The fourth-order valence-corrected chi connectivity index (χ4v) is 2.68. The number of nitrogens with zero attached hydrogens (tertiary/aromatic N) is 2. The van der Waals surface area contributed by atoms with Gasteiger partial charge >= 0.3 is 0 Å². The van der Waals surface area contributed by atoms with Crippen LogP contribution in [0.15, 0.2) is 67.0 Å². The Morgan fingerprint density at radius 1 is 0.808 bits per heavy atom. The standard InChI is InChI=1S/C19H21N3.C4H10/c20-13-7-8-14-22-15-21-18(16-9-3-1-4-10-16)19(22)17-11-5-2-6-12-17;1-3-4-2/h1-6,9-12,15H,7-8,13-14,20H2;3-4H2,1-2H3. The van der Waals surface area contributed by atoms with Crippen molar-refractivity contribution in [2.75, 3.05) is 6.54 Å². The fourth-order valence-electron chi connectivity index (χ4n) is 2.68. The molecule has 26 heavy (non-hydrogen) atoms. The van der Waals surface area contributed by atoms with E-state index in [-0.39, 0.29) is 0 Å². The highest BCUT2D eigenvalue weighted by molar-refractivity contribution is 5.78. The lowest BCUT2D eigenvalue weighted by Gasteiger charge is -2.10. The summed E-state index contributed by atoms with van der Waals surface area (Å²) in [6.07, 6.45) is 6.69. The summed E-state index contributed by atoms with van der Waals surface area (Å²) in [7, 11) is 0. The van der Waals surface area contributed by atoms with Crippen LogP contribution in [0.4, 0.5) is 0 Å². The normalized spacial score (nSPS) is 10.3. The van der Waals surface area contributed by atoms with E-state index in [2.05, 4.69) is 71.9 Å². The number of aryl methyl sites for hydroxylation is 1. The van der Waals surface area contributed by atoms with Gasteiger partial charge in [-0.3, -0.25) is 0 Å². The molecule has 0 aliphatic heterocycles. The van der Waals surface area contributed by atoms with E-state index >= 15 is 0 Å². The van der Waals surface area contributed by atoms with Crippen molar-refractivity contribution in [1.29, 1.82) is 0 Å². The summed E-state index contributed by atoms with van der Waals surface area (Å²) in [6, 6.07) is 20.8. The smallest absolute Gasteiger partial charge is 0.0963 e. The first-order chi connectivity index (χ1) is 12.8. The third kappa shape index (κ3) is 5.57. The summed E-state index contributed by atoms with van der Waals surface area (Å²) in [6.45, 7) is 6.04. The zero-order valence-corrected chi connectivity index (χ0v) is 16.1. The molecule has 0 radical (unpaired) electrons. The van der Waals surface area contributed by atoms with Gasteiger partial charge in [0.25, 0.3) is 0 Å². The maximum atomic E-state index is 5.61. The van der Waals surface area contributed by atoms with Gasteiger partial charge in [-0.2, -0.15) is 0 Å². The number of aromatic nitrogens is 2. The van der Waals surface area contributed by atoms with Crippen molar-refractivity contribution in [1.82, 2.24) is 9.55 Å². The quantitative estimate of drug-likeness (QED) is 0.551. The van der Waals surface area contributed by atoms with Crippen LogP contribution >= 0.6 is 0 Å². The molecule has 0 unspecified atom stereocenters. The Balaban J connectivity index is 0.000000552. The van der Waals surface area contributed by atoms with Crippen molar-refractivity contribution in [2.45, 2.75) is 46.1 Å². The van der Waals surface area contributed by atoms with E-state index in [0.717, 1.165) is 37.2 Å². The zero-order valence-electron chi connectivity index (χ0n) is 16.1. The van der Waals surface area contributed by atoms with E-state index < -0.39 is 0 Å². The van der Waals surface area contributed by atoms with Gasteiger partial charge in [0.1, 0.15) is 0 Å². The lowest BCUT2D eigenvalue weighted by Crippen LogP contribution is -2.03. The molecule has 1 heterocycles. The lowest BCUT2D eigenvalue weighted by molar-refractivity contribution is 0.618. The molecule has 0 saturated carbocycles. The van der Waals surface area contributed by atoms with E-state index in [1.807, 2.05) is 18.5 Å². The summed E-state index contributed by atoms with van der Waals surface area (Å²) in [4.78, 5) is 4.67. The average molecular weight is 350 g/mol. The maximum Gasteiger partial charge on any atom is 0.0963 e. The van der Waals surface area contributed by atoms with Gasteiger partial charge in [-0.15, -0.1) is 0 Å². The van der Waals surface area contributed by atoms with Gasteiger partial charge in [0.15, 0.2) is 0 Å². The number of nitrogens with two attached hydrogens (primary N) is 1. The molecule has 0 aliphatic rings. The van der Waals surface area contributed by atoms with Crippen LogP contribution in [0.25, 0.3) is 22.5 Å². The Morgan fingerprint density at radius 3 is 1.92 bits per heavy atom. The molecule has 3 nitrogen and oxygen atoms in total. The molecule has 2 aromatic carbocycles. The lowest BCUT2D eigenvalue weighted by atomic mass is 10.0. The third-order valence-corrected chi connectivity index (χ3v) is 4.29. The SMILES string of the molecule is CCCC.NCCCCn1cnc(-c2ccccc2)c1-c1ccccc1. The zero-order chi connectivity index (χ0) is 18.6. The number of hydrogen-bond acceptors (Lipinski definition) is 2. The van der Waals surface area contributed by atoms with Crippen LogP contribution in [0.3, 0.4) is 0 Å². The predicted molar refractivity (Wildman–Crippen MR) is 112 cm³/mol. The van der Waals surface area contributed by atoms with E-state index in [0.29, 0.717) is 0 Å². The Hall–Kier alpha value is -2.39. The molecule has 0 fully saturated rings. The highest BCUT2D eigenvalue weighted by Crippen LogP contribution is 2.31. The summed E-state index contributed by atoms with van der Waals surface area (Å²) < 4.78 is 2.24. The average Bonchev–Trinajstić information content (AvgIpc) is 3.13. The van der Waals surface area contributed by atoms with Crippen LogP contribution in [0.2, 0.25) is 0 Å². The van der Waals surface area contributed by atoms with Crippen molar-refractivity contribution in [3.63, 3.8) is 0 Å². The molecule has 0 bridgehead atoms. The topological polar surface area (TPSA) is 43.8 Å². The Morgan fingerprint density at radius 2 is 1.38 bits per heavy atom. The summed E-state index contributed by atoms with van der Waals surface area (Å²) in [5, 5.41) is 0. The first kappa shape index (κ1) is 19.9. The summed E-state index contributed by atoms with van der Waals surface area (Å²) in [5.74, 6) is 0. The summed E-state index contributed by atoms with van der Waals surface area (Å²) in [5.41, 5.74) is 10.2. The molecular formula is C23H31N3. The van der Waals surface area contributed by atoms with Gasteiger partial charge < -0.3 is 10.3 Å². The molecule has 2 N–H and O–H groups in total. The van der Waals surface area contributed by atoms with Crippen molar-refractivity contribution in [2.24, 2.45) is 5.73 Å². The predicted octanol–water partition coefficient (Wildman–Crippen LogP) is 5.76. The minimum absolute atomic E-state index is 0.737. The van der Waals surface area contributed by atoms with Crippen LogP contribution < -0.4 is 5.73 Å². The molecule has 0 amide bonds. The summed E-state index contributed by atoms with van der Waals surface area (Å²) >= 11 is 0. The number of imidazole rings is 1. The number of rotatable bonds is 7. The molecular weight excluding hydrogens is 318 g/mol. The molecule has 0 spiro atoms. The highest BCUT2D eigenvalue weighted by Gasteiger charge is 2.14. The number of hydrogen-bond donors (Lipinski definition) is 1. The van der Waals surface area contributed by atoms with Gasteiger partial charge in [0.05, 0.1) is 17.7 Å². The first-order valence-electron chi connectivity index (χ1n) is 9.67. The molecule has 3 rings (SSSR count).